The number of carboxylic acid groups (broad SMARTS) is 1. The predicted molar refractivity (Wildman–Crippen MR) is 69.6 cm³/mol. The van der Waals surface area contributed by atoms with Crippen molar-refractivity contribution in [1.29, 1.82) is 0 Å². The number of rotatable bonds is 5. The van der Waals surface area contributed by atoms with Crippen LogP contribution in [0.2, 0.25) is 0 Å². The van der Waals surface area contributed by atoms with Gasteiger partial charge in [0.05, 0.1) is 13.2 Å². The molecule has 7 nitrogen and oxygen atoms in total. The number of aromatic nitrogens is 1. The quantitative estimate of drug-likeness (QED) is 0.774. The van der Waals surface area contributed by atoms with Gasteiger partial charge >= 0.3 is 11.9 Å². The second-order valence-corrected chi connectivity index (χ2v) is 4.43. The molecule has 20 heavy (non-hydrogen) atoms. The van der Waals surface area contributed by atoms with E-state index < -0.39 is 17.5 Å². The average molecular weight is 280 g/mol. The van der Waals surface area contributed by atoms with Gasteiger partial charge in [-0.05, 0) is 19.1 Å². The summed E-state index contributed by atoms with van der Waals surface area (Å²) < 4.78 is 10.1. The van der Waals surface area contributed by atoms with E-state index >= 15 is 0 Å². The van der Waals surface area contributed by atoms with Crippen molar-refractivity contribution >= 4 is 17.8 Å². The van der Waals surface area contributed by atoms with E-state index in [9.17, 15) is 14.7 Å². The molecule has 1 atom stereocenters. The van der Waals surface area contributed by atoms with Gasteiger partial charge in [-0.2, -0.15) is 0 Å². The summed E-state index contributed by atoms with van der Waals surface area (Å²) in [4.78, 5) is 27.3. The van der Waals surface area contributed by atoms with Crippen LogP contribution in [-0.4, -0.2) is 47.4 Å². The molecule has 7 heteroatoms. The number of carboxylic acids is 1. The van der Waals surface area contributed by atoms with Crippen LogP contribution in [0.1, 0.15) is 23.7 Å². The molecule has 2 rings (SSSR count). The van der Waals surface area contributed by atoms with Crippen LogP contribution in [0.5, 0.6) is 0 Å². The lowest BCUT2D eigenvalue weighted by atomic mass is 9.98. The van der Waals surface area contributed by atoms with Gasteiger partial charge < -0.3 is 19.9 Å². The number of hydrogen-bond donors (Lipinski definition) is 2. The molecule has 1 fully saturated rings. The van der Waals surface area contributed by atoms with Crippen molar-refractivity contribution in [3.8, 4) is 0 Å². The van der Waals surface area contributed by atoms with Crippen LogP contribution in [-0.2, 0) is 14.3 Å². The molecule has 0 spiro atoms. The van der Waals surface area contributed by atoms with E-state index in [0.29, 0.717) is 13.0 Å². The monoisotopic (exact) mass is 280 g/mol. The maximum Gasteiger partial charge on any atom is 0.341 e. The Morgan fingerprint density at radius 1 is 1.60 bits per heavy atom. The molecule has 1 aliphatic rings. The van der Waals surface area contributed by atoms with E-state index in [1.165, 1.54) is 6.20 Å². The maximum atomic E-state index is 11.8. The highest BCUT2D eigenvalue weighted by Crippen LogP contribution is 2.26. The third-order valence-electron chi connectivity index (χ3n) is 3.09. The summed E-state index contributed by atoms with van der Waals surface area (Å²) in [6.45, 7) is 2.31. The van der Waals surface area contributed by atoms with E-state index in [1.54, 1.807) is 19.1 Å². The molecule has 1 unspecified atom stereocenters. The molecule has 2 N–H and O–H groups in total. The fourth-order valence-corrected chi connectivity index (χ4v) is 1.99. The minimum Gasteiger partial charge on any atom is -0.479 e. The van der Waals surface area contributed by atoms with Crippen LogP contribution in [0.3, 0.4) is 0 Å². The Bertz CT molecular complexity index is 511. The Kier molecular flexibility index (Phi) is 4.19. The number of carbonyl (C=O) groups excluding carboxylic acids is 1. The number of aliphatic carboxylic acids is 1. The van der Waals surface area contributed by atoms with Crippen LogP contribution in [0.4, 0.5) is 5.82 Å². The highest BCUT2D eigenvalue weighted by atomic mass is 16.5. The highest BCUT2D eigenvalue weighted by Gasteiger charge is 2.43. The minimum atomic E-state index is -1.25. The Morgan fingerprint density at radius 3 is 3.00 bits per heavy atom. The third-order valence-corrected chi connectivity index (χ3v) is 3.09. The number of nitrogens with one attached hydrogen (secondary N) is 1. The second kappa shape index (κ2) is 5.87. The molecule has 1 aliphatic heterocycles. The fourth-order valence-electron chi connectivity index (χ4n) is 1.99. The Morgan fingerprint density at radius 2 is 2.40 bits per heavy atom. The number of hydrogen-bond acceptors (Lipinski definition) is 6. The number of nitrogens with zero attached hydrogens (tertiary/aromatic N) is 1. The summed E-state index contributed by atoms with van der Waals surface area (Å²) in [5.74, 6) is -1.38. The van der Waals surface area contributed by atoms with Crippen LogP contribution >= 0.6 is 0 Å². The Labute approximate surface area is 115 Å². The summed E-state index contributed by atoms with van der Waals surface area (Å²) in [7, 11) is 0. The van der Waals surface area contributed by atoms with Gasteiger partial charge in [0.1, 0.15) is 11.4 Å². The molecule has 1 saturated heterocycles. The van der Waals surface area contributed by atoms with Gasteiger partial charge in [-0.25, -0.2) is 14.6 Å². The lowest BCUT2D eigenvalue weighted by Gasteiger charge is -2.25. The third kappa shape index (κ3) is 2.72. The summed E-state index contributed by atoms with van der Waals surface area (Å²) in [5, 5.41) is 12.2. The smallest absolute Gasteiger partial charge is 0.341 e. The van der Waals surface area contributed by atoms with E-state index in [-0.39, 0.29) is 24.6 Å². The number of ether oxygens (including phenoxy) is 2. The minimum absolute atomic E-state index is 0.0289. The number of pyridine rings is 1. The Hall–Kier alpha value is -2.15. The van der Waals surface area contributed by atoms with Crippen molar-refractivity contribution in [2.45, 2.75) is 18.9 Å². The zero-order valence-corrected chi connectivity index (χ0v) is 11.1. The van der Waals surface area contributed by atoms with Gasteiger partial charge in [0.2, 0.25) is 0 Å². The van der Waals surface area contributed by atoms with Gasteiger partial charge in [-0.3, -0.25) is 0 Å². The van der Waals surface area contributed by atoms with Gasteiger partial charge in [0.15, 0.2) is 5.54 Å². The van der Waals surface area contributed by atoms with E-state index in [2.05, 4.69) is 10.3 Å². The van der Waals surface area contributed by atoms with Crippen molar-refractivity contribution in [3.05, 3.63) is 23.9 Å². The molecule has 0 saturated carbocycles. The van der Waals surface area contributed by atoms with Gasteiger partial charge in [0, 0.05) is 19.2 Å². The van der Waals surface area contributed by atoms with Gasteiger partial charge in [-0.15, -0.1) is 0 Å². The first-order valence-corrected chi connectivity index (χ1v) is 6.30. The zero-order chi connectivity index (χ0) is 14.6. The molecule has 2 heterocycles. The summed E-state index contributed by atoms with van der Waals surface area (Å²) in [5.41, 5.74) is -1.04. The zero-order valence-electron chi connectivity index (χ0n) is 11.1. The molecule has 1 aromatic rings. The number of carbonyl (C=O) groups is 2. The van der Waals surface area contributed by atoms with Crippen LogP contribution < -0.4 is 5.32 Å². The average Bonchev–Trinajstić information content (AvgIpc) is 2.89. The predicted octanol–water partition coefficient (Wildman–Crippen LogP) is 0.914. The molecule has 0 bridgehead atoms. The first kappa shape index (κ1) is 14.3. The topological polar surface area (TPSA) is 97.8 Å². The van der Waals surface area contributed by atoms with Crippen molar-refractivity contribution in [2.24, 2.45) is 0 Å². The standard InChI is InChI=1S/C13H16N2O5/c1-2-20-11(16)9-4-3-6-14-10(9)15-13(12(17)18)5-7-19-8-13/h3-4,6H,2,5,7-8H2,1H3,(H,14,15)(H,17,18). The largest absolute Gasteiger partial charge is 0.479 e. The van der Waals surface area contributed by atoms with E-state index in [1.807, 2.05) is 0 Å². The normalized spacial score (nSPS) is 21.4. The van der Waals surface area contributed by atoms with Crippen molar-refractivity contribution < 1.29 is 24.2 Å². The molecular weight excluding hydrogens is 264 g/mol. The SMILES string of the molecule is CCOC(=O)c1cccnc1NC1(C(=O)O)CCOC1. The highest BCUT2D eigenvalue weighted by molar-refractivity contribution is 5.95. The van der Waals surface area contributed by atoms with Crippen LogP contribution in [0, 0.1) is 0 Å². The van der Waals surface area contributed by atoms with Crippen LogP contribution in [0.25, 0.3) is 0 Å². The maximum absolute atomic E-state index is 11.8. The second-order valence-electron chi connectivity index (χ2n) is 4.43. The summed E-state index contributed by atoms with van der Waals surface area (Å²) in [6, 6.07) is 3.13. The number of anilines is 1. The molecule has 0 aliphatic carbocycles. The lowest BCUT2D eigenvalue weighted by molar-refractivity contribution is -0.142. The molecule has 108 valence electrons. The van der Waals surface area contributed by atoms with E-state index in [0.717, 1.165) is 0 Å². The molecule has 0 aromatic carbocycles. The van der Waals surface area contributed by atoms with E-state index in [4.69, 9.17) is 9.47 Å². The fraction of sp³-hybridized carbons (Fsp3) is 0.462. The van der Waals surface area contributed by atoms with Gasteiger partial charge in [0.25, 0.3) is 0 Å². The van der Waals surface area contributed by atoms with Crippen LogP contribution in [0.15, 0.2) is 18.3 Å². The molecule has 0 radical (unpaired) electrons. The van der Waals surface area contributed by atoms with Crippen molar-refractivity contribution in [1.82, 2.24) is 4.98 Å². The van der Waals surface area contributed by atoms with Crippen molar-refractivity contribution in [2.75, 3.05) is 25.1 Å². The number of esters is 1. The molecular formula is C13H16N2O5. The summed E-state index contributed by atoms with van der Waals surface area (Å²) in [6.07, 6.45) is 1.79. The summed E-state index contributed by atoms with van der Waals surface area (Å²) >= 11 is 0. The first-order chi connectivity index (χ1) is 9.59. The molecule has 1 aromatic heterocycles. The lowest BCUT2D eigenvalue weighted by Crippen LogP contribution is -2.47. The Balaban J connectivity index is 2.29. The molecule has 0 amide bonds. The first-order valence-electron chi connectivity index (χ1n) is 6.30. The van der Waals surface area contributed by atoms with Gasteiger partial charge in [-0.1, -0.05) is 0 Å². The van der Waals surface area contributed by atoms with Crippen molar-refractivity contribution in [3.63, 3.8) is 0 Å².